The highest BCUT2D eigenvalue weighted by Gasteiger charge is 2.37. The molecule has 0 aliphatic carbocycles. The lowest BCUT2D eigenvalue weighted by atomic mass is 10.2. The Labute approximate surface area is 98.0 Å². The molecular weight excluding hydrogens is 228 g/mol. The van der Waals surface area contributed by atoms with E-state index in [1.54, 1.807) is 25.1 Å². The standard InChI is InChI=1S/C11H11ClN2O2/c1-6-4-7(12)2-3-9(6)14-10(15)5-8(13)11(14)16/h2-4,8H,5,13H2,1H3. The van der Waals surface area contributed by atoms with Crippen LogP contribution in [0.5, 0.6) is 0 Å². The van der Waals surface area contributed by atoms with Gasteiger partial charge in [0.05, 0.1) is 18.2 Å². The van der Waals surface area contributed by atoms with Gasteiger partial charge in [-0.25, -0.2) is 4.90 Å². The SMILES string of the molecule is Cc1cc(Cl)ccc1N1C(=O)CC(N)C1=O. The molecule has 1 atom stereocenters. The van der Waals surface area contributed by atoms with E-state index in [4.69, 9.17) is 17.3 Å². The molecule has 1 heterocycles. The second kappa shape index (κ2) is 3.88. The first-order chi connectivity index (χ1) is 7.50. The second-order valence-electron chi connectivity index (χ2n) is 3.81. The van der Waals surface area contributed by atoms with Crippen LogP contribution in [0.3, 0.4) is 0 Å². The highest BCUT2D eigenvalue weighted by molar-refractivity contribution is 6.31. The maximum absolute atomic E-state index is 11.7. The molecule has 0 bridgehead atoms. The van der Waals surface area contributed by atoms with E-state index < -0.39 is 6.04 Å². The lowest BCUT2D eigenvalue weighted by molar-refractivity contribution is -0.121. The van der Waals surface area contributed by atoms with E-state index in [0.29, 0.717) is 10.7 Å². The number of carbonyl (C=O) groups excluding carboxylic acids is 2. The lowest BCUT2D eigenvalue weighted by Crippen LogP contribution is -2.35. The summed E-state index contributed by atoms with van der Waals surface area (Å²) >= 11 is 5.81. The third-order valence-corrected chi connectivity index (χ3v) is 2.82. The Kier molecular flexibility index (Phi) is 2.69. The van der Waals surface area contributed by atoms with Gasteiger partial charge in [-0.1, -0.05) is 11.6 Å². The van der Waals surface area contributed by atoms with E-state index in [2.05, 4.69) is 0 Å². The largest absolute Gasteiger partial charge is 0.319 e. The molecule has 16 heavy (non-hydrogen) atoms. The number of aryl methyl sites for hydroxylation is 1. The number of hydrogen-bond acceptors (Lipinski definition) is 3. The van der Waals surface area contributed by atoms with Crippen molar-refractivity contribution in [2.45, 2.75) is 19.4 Å². The van der Waals surface area contributed by atoms with Gasteiger partial charge in [0.2, 0.25) is 5.91 Å². The average Bonchev–Trinajstić information content (AvgIpc) is 2.43. The highest BCUT2D eigenvalue weighted by atomic mass is 35.5. The number of anilines is 1. The first kappa shape index (κ1) is 11.1. The van der Waals surface area contributed by atoms with E-state index in [1.807, 2.05) is 0 Å². The smallest absolute Gasteiger partial charge is 0.251 e. The number of halogens is 1. The van der Waals surface area contributed by atoms with Gasteiger partial charge in [-0.15, -0.1) is 0 Å². The fourth-order valence-corrected chi connectivity index (χ4v) is 2.00. The molecule has 1 unspecified atom stereocenters. The molecule has 4 nitrogen and oxygen atoms in total. The van der Waals surface area contributed by atoms with E-state index in [1.165, 1.54) is 0 Å². The molecule has 1 saturated heterocycles. The maximum atomic E-state index is 11.7. The van der Waals surface area contributed by atoms with Crippen molar-refractivity contribution >= 4 is 29.1 Å². The minimum absolute atomic E-state index is 0.0703. The summed E-state index contributed by atoms with van der Waals surface area (Å²) < 4.78 is 0. The van der Waals surface area contributed by atoms with Crippen molar-refractivity contribution in [3.05, 3.63) is 28.8 Å². The molecule has 1 aliphatic heterocycles. The fourth-order valence-electron chi connectivity index (χ4n) is 1.78. The quantitative estimate of drug-likeness (QED) is 0.749. The van der Waals surface area contributed by atoms with Crippen molar-refractivity contribution in [2.24, 2.45) is 5.73 Å². The number of imide groups is 1. The van der Waals surface area contributed by atoms with Gasteiger partial charge in [0.1, 0.15) is 0 Å². The molecule has 0 saturated carbocycles. The van der Waals surface area contributed by atoms with Gasteiger partial charge in [0, 0.05) is 5.02 Å². The minimum atomic E-state index is -0.720. The molecule has 5 heteroatoms. The van der Waals surface area contributed by atoms with Crippen LogP contribution in [0.25, 0.3) is 0 Å². The van der Waals surface area contributed by atoms with Gasteiger partial charge >= 0.3 is 0 Å². The molecule has 1 fully saturated rings. The van der Waals surface area contributed by atoms with Crippen LogP contribution in [-0.2, 0) is 9.59 Å². The summed E-state index contributed by atoms with van der Waals surface area (Å²) in [5, 5.41) is 0.574. The molecule has 1 aromatic rings. The van der Waals surface area contributed by atoms with Crippen LogP contribution in [0.1, 0.15) is 12.0 Å². The Morgan fingerprint density at radius 1 is 1.44 bits per heavy atom. The monoisotopic (exact) mass is 238 g/mol. The molecule has 2 rings (SSSR count). The third-order valence-electron chi connectivity index (χ3n) is 2.58. The number of benzene rings is 1. The second-order valence-corrected chi connectivity index (χ2v) is 4.25. The zero-order valence-corrected chi connectivity index (χ0v) is 9.49. The molecule has 0 spiro atoms. The molecule has 2 amide bonds. The van der Waals surface area contributed by atoms with Crippen LogP contribution in [0.2, 0.25) is 5.02 Å². The van der Waals surface area contributed by atoms with Gasteiger partial charge in [-0.3, -0.25) is 9.59 Å². The van der Waals surface area contributed by atoms with Crippen LogP contribution in [-0.4, -0.2) is 17.9 Å². The lowest BCUT2D eigenvalue weighted by Gasteiger charge is -2.16. The average molecular weight is 239 g/mol. The first-order valence-corrected chi connectivity index (χ1v) is 5.27. The topological polar surface area (TPSA) is 63.4 Å². The minimum Gasteiger partial charge on any atom is -0.319 e. The number of nitrogens with two attached hydrogens (primary N) is 1. The normalized spacial score (nSPS) is 20.7. The Bertz CT molecular complexity index is 473. The Balaban J connectivity index is 2.45. The van der Waals surface area contributed by atoms with Crippen LogP contribution < -0.4 is 10.6 Å². The van der Waals surface area contributed by atoms with Crippen molar-refractivity contribution in [1.29, 1.82) is 0 Å². The summed E-state index contributed by atoms with van der Waals surface area (Å²) in [6.45, 7) is 1.80. The third kappa shape index (κ3) is 1.70. The maximum Gasteiger partial charge on any atom is 0.251 e. The number of nitrogens with zero attached hydrogens (tertiary/aromatic N) is 1. The summed E-state index contributed by atoms with van der Waals surface area (Å²) in [6.07, 6.45) is 0.0703. The summed E-state index contributed by atoms with van der Waals surface area (Å²) in [6, 6.07) is 4.30. The predicted octanol–water partition coefficient (Wildman–Crippen LogP) is 1.24. The number of rotatable bonds is 1. The van der Waals surface area contributed by atoms with Gasteiger partial charge in [-0.2, -0.15) is 0 Å². The number of amides is 2. The van der Waals surface area contributed by atoms with Crippen LogP contribution >= 0.6 is 11.6 Å². The summed E-state index contributed by atoms with van der Waals surface area (Å²) in [5.74, 6) is -0.613. The first-order valence-electron chi connectivity index (χ1n) is 4.89. The molecular formula is C11H11ClN2O2. The Morgan fingerprint density at radius 3 is 2.62 bits per heavy atom. The van der Waals surface area contributed by atoms with Gasteiger partial charge < -0.3 is 5.73 Å². The van der Waals surface area contributed by atoms with E-state index in [-0.39, 0.29) is 18.2 Å². The summed E-state index contributed by atoms with van der Waals surface area (Å²) in [4.78, 5) is 24.5. The van der Waals surface area contributed by atoms with Gasteiger partial charge in [0.25, 0.3) is 5.91 Å². The van der Waals surface area contributed by atoms with Crippen LogP contribution in [0.4, 0.5) is 5.69 Å². The summed E-state index contributed by atoms with van der Waals surface area (Å²) in [7, 11) is 0. The number of carbonyl (C=O) groups is 2. The molecule has 0 aromatic heterocycles. The van der Waals surface area contributed by atoms with Crippen molar-refractivity contribution < 1.29 is 9.59 Å². The molecule has 1 aliphatic rings. The molecule has 0 radical (unpaired) electrons. The zero-order chi connectivity index (χ0) is 11.9. The Hall–Kier alpha value is -1.39. The number of hydrogen-bond donors (Lipinski definition) is 1. The zero-order valence-electron chi connectivity index (χ0n) is 8.74. The van der Waals surface area contributed by atoms with E-state index in [0.717, 1.165) is 10.5 Å². The fraction of sp³-hybridized carbons (Fsp3) is 0.273. The van der Waals surface area contributed by atoms with Gasteiger partial charge in [0.15, 0.2) is 0 Å². The van der Waals surface area contributed by atoms with E-state index in [9.17, 15) is 9.59 Å². The molecule has 2 N–H and O–H groups in total. The van der Waals surface area contributed by atoms with Crippen LogP contribution in [0, 0.1) is 6.92 Å². The van der Waals surface area contributed by atoms with Gasteiger partial charge in [-0.05, 0) is 30.7 Å². The molecule has 1 aromatic carbocycles. The van der Waals surface area contributed by atoms with Crippen molar-refractivity contribution in [2.75, 3.05) is 4.90 Å². The van der Waals surface area contributed by atoms with Crippen LogP contribution in [0.15, 0.2) is 18.2 Å². The predicted molar refractivity (Wildman–Crippen MR) is 61.3 cm³/mol. The van der Waals surface area contributed by atoms with Crippen molar-refractivity contribution in [3.63, 3.8) is 0 Å². The van der Waals surface area contributed by atoms with E-state index >= 15 is 0 Å². The van der Waals surface area contributed by atoms with Crippen molar-refractivity contribution in [1.82, 2.24) is 0 Å². The highest BCUT2D eigenvalue weighted by Crippen LogP contribution is 2.27. The Morgan fingerprint density at radius 2 is 2.12 bits per heavy atom. The molecule has 84 valence electrons. The van der Waals surface area contributed by atoms with Crippen molar-refractivity contribution in [3.8, 4) is 0 Å². The summed E-state index contributed by atoms with van der Waals surface area (Å²) in [5.41, 5.74) is 6.88.